The Morgan fingerprint density at radius 2 is 1.80 bits per heavy atom. The Hall–Kier alpha value is -1.36. The van der Waals surface area contributed by atoms with Crippen molar-refractivity contribution < 1.29 is 4.79 Å². The van der Waals surface area contributed by atoms with E-state index in [9.17, 15) is 4.79 Å². The fourth-order valence-corrected chi connectivity index (χ4v) is 1.56. The number of hydrogen-bond donors (Lipinski definition) is 2. The van der Waals surface area contributed by atoms with Crippen LogP contribution >= 0.6 is 11.6 Å². The molecule has 0 aliphatic rings. The van der Waals surface area contributed by atoms with Gasteiger partial charge in [0.15, 0.2) is 0 Å². The van der Waals surface area contributed by atoms with Crippen molar-refractivity contribution in [1.29, 1.82) is 0 Å². The number of nitrogens with two attached hydrogens (primary N) is 1. The van der Waals surface area contributed by atoms with Gasteiger partial charge in [0.2, 0.25) is 5.91 Å². The van der Waals surface area contributed by atoms with E-state index in [1.807, 2.05) is 27.7 Å². The van der Waals surface area contributed by atoms with Crippen molar-refractivity contribution in [3.05, 3.63) is 16.5 Å². The summed E-state index contributed by atoms with van der Waals surface area (Å²) in [7, 11) is 0. The molecule has 0 spiro atoms. The molecule has 0 aliphatic heterocycles. The highest BCUT2D eigenvalue weighted by molar-refractivity contribution is 6.30. The van der Waals surface area contributed by atoms with Crippen molar-refractivity contribution in [2.75, 3.05) is 11.9 Å². The Labute approximate surface area is 125 Å². The average Bonchev–Trinajstić information content (AvgIpc) is 2.29. The molecule has 0 aliphatic carbocycles. The van der Waals surface area contributed by atoms with Gasteiger partial charge in [-0.25, -0.2) is 9.97 Å². The summed E-state index contributed by atoms with van der Waals surface area (Å²) in [6, 6.07) is 0. The highest BCUT2D eigenvalue weighted by atomic mass is 35.5. The summed E-state index contributed by atoms with van der Waals surface area (Å²) in [5.41, 5.74) is 5.27. The Kier molecular flexibility index (Phi) is 4.64. The van der Waals surface area contributed by atoms with E-state index < -0.39 is 5.41 Å². The van der Waals surface area contributed by atoms with Crippen molar-refractivity contribution in [2.45, 2.75) is 47.0 Å². The molecule has 0 unspecified atom stereocenters. The lowest BCUT2D eigenvalue weighted by Crippen LogP contribution is -2.37. The number of nitrogens with one attached hydrogen (secondary N) is 1. The molecule has 0 saturated carbocycles. The summed E-state index contributed by atoms with van der Waals surface area (Å²) in [4.78, 5) is 20.2. The summed E-state index contributed by atoms with van der Waals surface area (Å²) in [5.74, 6) is 0.940. The van der Waals surface area contributed by atoms with Crippen LogP contribution in [0, 0.1) is 12.3 Å². The van der Waals surface area contributed by atoms with E-state index in [4.69, 9.17) is 17.3 Å². The molecule has 5 nitrogen and oxygen atoms in total. The first-order chi connectivity index (χ1) is 8.95. The normalized spacial score (nSPS) is 12.3. The maximum Gasteiger partial charge on any atom is 0.224 e. The van der Waals surface area contributed by atoms with Gasteiger partial charge in [0.1, 0.15) is 16.8 Å². The van der Waals surface area contributed by atoms with Crippen LogP contribution in [0.3, 0.4) is 0 Å². The molecule has 112 valence electrons. The van der Waals surface area contributed by atoms with Gasteiger partial charge < -0.3 is 11.1 Å². The SMILES string of the molecule is Cc1c(Cl)nc(C(C)(C)C)nc1NCC(C)(C)C(N)=O. The first-order valence-electron chi connectivity index (χ1n) is 6.53. The van der Waals surface area contributed by atoms with Gasteiger partial charge in [-0.2, -0.15) is 0 Å². The lowest BCUT2D eigenvalue weighted by atomic mass is 9.92. The first-order valence-corrected chi connectivity index (χ1v) is 6.91. The highest BCUT2D eigenvalue weighted by Gasteiger charge is 2.26. The number of anilines is 1. The maximum absolute atomic E-state index is 11.3. The van der Waals surface area contributed by atoms with Crippen molar-refractivity contribution in [3.8, 4) is 0 Å². The zero-order valence-corrected chi connectivity index (χ0v) is 13.7. The topological polar surface area (TPSA) is 80.9 Å². The predicted octanol–water partition coefficient (Wildman–Crippen LogP) is 2.66. The molecule has 0 aromatic carbocycles. The van der Waals surface area contributed by atoms with Crippen LogP contribution in [-0.2, 0) is 10.2 Å². The van der Waals surface area contributed by atoms with E-state index in [-0.39, 0.29) is 11.3 Å². The molecule has 0 fully saturated rings. The van der Waals surface area contributed by atoms with Gasteiger partial charge >= 0.3 is 0 Å². The molecule has 1 amide bonds. The summed E-state index contributed by atoms with van der Waals surface area (Å²) in [5, 5.41) is 3.57. The van der Waals surface area contributed by atoms with Gasteiger partial charge in [0, 0.05) is 17.5 Å². The van der Waals surface area contributed by atoms with Gasteiger partial charge in [-0.1, -0.05) is 32.4 Å². The van der Waals surface area contributed by atoms with Crippen LogP contribution < -0.4 is 11.1 Å². The Bertz CT molecular complexity index is 521. The van der Waals surface area contributed by atoms with Gasteiger partial charge in [-0.3, -0.25) is 4.79 Å². The van der Waals surface area contributed by atoms with Crippen molar-refractivity contribution >= 4 is 23.3 Å². The number of carbonyl (C=O) groups is 1. The third kappa shape index (κ3) is 3.82. The van der Waals surface area contributed by atoms with Crippen LogP contribution in [0.2, 0.25) is 5.15 Å². The molecular formula is C14H23ClN4O. The van der Waals surface area contributed by atoms with Crippen molar-refractivity contribution in [2.24, 2.45) is 11.1 Å². The van der Waals surface area contributed by atoms with Crippen LogP contribution in [-0.4, -0.2) is 22.4 Å². The highest BCUT2D eigenvalue weighted by Crippen LogP contribution is 2.27. The molecule has 0 radical (unpaired) electrons. The second-order valence-electron chi connectivity index (χ2n) is 6.66. The molecule has 3 N–H and O–H groups in total. The first kappa shape index (κ1) is 16.7. The second kappa shape index (κ2) is 5.56. The minimum absolute atomic E-state index is 0.201. The number of nitrogens with zero attached hydrogens (tertiary/aromatic N) is 2. The smallest absolute Gasteiger partial charge is 0.224 e. The number of halogens is 1. The zero-order chi connectivity index (χ0) is 15.7. The Morgan fingerprint density at radius 1 is 1.25 bits per heavy atom. The van der Waals surface area contributed by atoms with Gasteiger partial charge in [0.25, 0.3) is 0 Å². The molecule has 0 saturated heterocycles. The number of primary amides is 1. The third-order valence-electron chi connectivity index (χ3n) is 3.12. The molecule has 0 bridgehead atoms. The van der Waals surface area contributed by atoms with E-state index >= 15 is 0 Å². The standard InChI is InChI=1S/C14H23ClN4O/c1-8-9(15)18-12(13(2,3)4)19-10(8)17-7-14(5,6)11(16)20/h7H2,1-6H3,(H2,16,20)(H,17,18,19). The predicted molar refractivity (Wildman–Crippen MR) is 81.9 cm³/mol. The summed E-state index contributed by atoms with van der Waals surface area (Å²) in [6.07, 6.45) is 0. The number of hydrogen-bond acceptors (Lipinski definition) is 4. The second-order valence-corrected chi connectivity index (χ2v) is 7.02. The number of carbonyl (C=O) groups excluding carboxylic acids is 1. The van der Waals surface area contributed by atoms with Crippen LogP contribution in [0.5, 0.6) is 0 Å². The van der Waals surface area contributed by atoms with Crippen LogP contribution in [0.4, 0.5) is 5.82 Å². The number of aromatic nitrogens is 2. The monoisotopic (exact) mass is 298 g/mol. The molecule has 1 aromatic rings. The van der Waals surface area contributed by atoms with Crippen LogP contribution in [0.1, 0.15) is 46.0 Å². The third-order valence-corrected chi connectivity index (χ3v) is 3.49. The summed E-state index contributed by atoms with van der Waals surface area (Å²) in [6.45, 7) is 11.9. The molecule has 6 heteroatoms. The van der Waals surface area contributed by atoms with Crippen molar-refractivity contribution in [1.82, 2.24) is 9.97 Å². The van der Waals surface area contributed by atoms with Crippen LogP contribution in [0.25, 0.3) is 0 Å². The number of rotatable bonds is 4. The number of amides is 1. The molecule has 1 aromatic heterocycles. The minimum Gasteiger partial charge on any atom is -0.369 e. The van der Waals surface area contributed by atoms with E-state index in [0.29, 0.717) is 23.3 Å². The van der Waals surface area contributed by atoms with E-state index in [1.165, 1.54) is 0 Å². The summed E-state index contributed by atoms with van der Waals surface area (Å²) < 4.78 is 0. The van der Waals surface area contributed by atoms with Gasteiger partial charge in [-0.15, -0.1) is 0 Å². The van der Waals surface area contributed by atoms with E-state index in [1.54, 1.807) is 13.8 Å². The minimum atomic E-state index is -0.661. The average molecular weight is 299 g/mol. The van der Waals surface area contributed by atoms with Gasteiger partial charge in [0.05, 0.1) is 5.41 Å². The Balaban J connectivity index is 3.07. The molecular weight excluding hydrogens is 276 g/mol. The fourth-order valence-electron chi connectivity index (χ4n) is 1.39. The fraction of sp³-hybridized carbons (Fsp3) is 0.643. The van der Waals surface area contributed by atoms with Gasteiger partial charge in [-0.05, 0) is 20.8 Å². The molecule has 1 heterocycles. The van der Waals surface area contributed by atoms with Crippen molar-refractivity contribution in [3.63, 3.8) is 0 Å². The van der Waals surface area contributed by atoms with Crippen LogP contribution in [0.15, 0.2) is 0 Å². The quantitative estimate of drug-likeness (QED) is 0.837. The zero-order valence-electron chi connectivity index (χ0n) is 13.0. The Morgan fingerprint density at radius 3 is 2.25 bits per heavy atom. The maximum atomic E-state index is 11.3. The molecule has 20 heavy (non-hydrogen) atoms. The van der Waals surface area contributed by atoms with E-state index in [2.05, 4.69) is 15.3 Å². The lowest BCUT2D eigenvalue weighted by Gasteiger charge is -2.23. The van der Waals surface area contributed by atoms with E-state index in [0.717, 1.165) is 5.56 Å². The molecule has 0 atom stereocenters. The summed E-state index contributed by atoms with van der Waals surface area (Å²) >= 11 is 6.15. The lowest BCUT2D eigenvalue weighted by molar-refractivity contribution is -0.125. The largest absolute Gasteiger partial charge is 0.369 e. The molecule has 1 rings (SSSR count).